The Kier molecular flexibility index (Phi) is 5.25. The number of ether oxygens (including phenoxy) is 1. The molecule has 2 N–H and O–H groups in total. The Balaban J connectivity index is 2.51. The van der Waals surface area contributed by atoms with E-state index in [1.54, 1.807) is 17.7 Å². The Bertz CT molecular complexity index is 680. The Morgan fingerprint density at radius 3 is 2.57 bits per heavy atom. The summed E-state index contributed by atoms with van der Waals surface area (Å²) < 4.78 is 6.77. The number of pyridine rings is 1. The molecule has 0 saturated heterocycles. The minimum Gasteiger partial charge on any atom is -0.389 e. The fraction of sp³-hybridized carbons (Fsp3) is 0.250. The van der Waals surface area contributed by atoms with Gasteiger partial charge in [0.05, 0.1) is 11.3 Å². The smallest absolute Gasteiger partial charge is 0.261 e. The fourth-order valence-corrected chi connectivity index (χ4v) is 2.37. The van der Waals surface area contributed by atoms with E-state index in [1.165, 1.54) is 0 Å². The van der Waals surface area contributed by atoms with Gasteiger partial charge in [-0.2, -0.15) is 0 Å². The molecule has 0 saturated carbocycles. The van der Waals surface area contributed by atoms with Crippen LogP contribution >= 0.6 is 12.2 Å². The molecule has 4 nitrogen and oxygen atoms in total. The summed E-state index contributed by atoms with van der Waals surface area (Å²) in [6.07, 6.45) is 0.747. The molecule has 1 aromatic heterocycles. The van der Waals surface area contributed by atoms with Gasteiger partial charge in [0.1, 0.15) is 4.99 Å². The second-order valence-corrected chi connectivity index (χ2v) is 5.11. The first-order valence-corrected chi connectivity index (χ1v) is 7.14. The molecule has 0 fully saturated rings. The average Bonchev–Trinajstić information content (AvgIpc) is 2.49. The molecule has 0 aliphatic carbocycles. The van der Waals surface area contributed by atoms with E-state index in [-0.39, 0.29) is 10.5 Å². The maximum atomic E-state index is 12.6. The van der Waals surface area contributed by atoms with Gasteiger partial charge in [-0.1, -0.05) is 42.5 Å². The summed E-state index contributed by atoms with van der Waals surface area (Å²) in [5.74, 6) is 0. The second kappa shape index (κ2) is 7.15. The SMILES string of the molecule is COCCCn1c(-c2ccccc2)ccc(C(N)=S)c1=O. The molecule has 5 heteroatoms. The molecule has 0 bridgehead atoms. The lowest BCUT2D eigenvalue weighted by atomic mass is 10.1. The summed E-state index contributed by atoms with van der Waals surface area (Å²) in [5, 5.41) is 0. The van der Waals surface area contributed by atoms with E-state index in [0.29, 0.717) is 18.7 Å². The third-order valence-electron chi connectivity index (χ3n) is 3.24. The fourth-order valence-electron chi connectivity index (χ4n) is 2.22. The first-order valence-electron chi connectivity index (χ1n) is 6.73. The number of nitrogens with two attached hydrogens (primary N) is 1. The van der Waals surface area contributed by atoms with Crippen LogP contribution in [0.3, 0.4) is 0 Å². The van der Waals surface area contributed by atoms with Crippen molar-refractivity contribution < 1.29 is 4.74 Å². The lowest BCUT2D eigenvalue weighted by molar-refractivity contribution is 0.190. The molecule has 0 atom stereocenters. The molecule has 1 aromatic carbocycles. The number of methoxy groups -OCH3 is 1. The minimum atomic E-state index is -0.153. The third kappa shape index (κ3) is 3.56. The third-order valence-corrected chi connectivity index (χ3v) is 3.46. The molecule has 0 spiro atoms. The molecule has 0 unspecified atom stereocenters. The van der Waals surface area contributed by atoms with Crippen LogP contribution in [0.25, 0.3) is 11.3 Å². The van der Waals surface area contributed by atoms with Gasteiger partial charge in [0, 0.05) is 20.3 Å². The van der Waals surface area contributed by atoms with Crippen LogP contribution in [0, 0.1) is 0 Å². The Morgan fingerprint density at radius 2 is 1.95 bits per heavy atom. The highest BCUT2D eigenvalue weighted by atomic mass is 32.1. The molecule has 2 rings (SSSR count). The zero-order chi connectivity index (χ0) is 15.2. The zero-order valence-corrected chi connectivity index (χ0v) is 12.7. The Hall–Kier alpha value is -1.98. The van der Waals surface area contributed by atoms with E-state index < -0.39 is 0 Å². The van der Waals surface area contributed by atoms with Crippen molar-refractivity contribution in [3.05, 3.63) is 58.4 Å². The maximum Gasteiger partial charge on any atom is 0.261 e. The van der Waals surface area contributed by atoms with E-state index in [1.807, 2.05) is 36.4 Å². The molecule has 110 valence electrons. The lowest BCUT2D eigenvalue weighted by Crippen LogP contribution is -2.30. The standard InChI is InChI=1S/C16H18N2O2S/c1-20-11-5-10-18-14(12-6-3-2-4-7-12)9-8-13(15(17)21)16(18)19/h2-4,6-9H,5,10-11H2,1H3,(H2,17,21). The zero-order valence-electron chi connectivity index (χ0n) is 11.9. The molecule has 2 aromatic rings. The van der Waals surface area contributed by atoms with E-state index in [4.69, 9.17) is 22.7 Å². The first-order chi connectivity index (χ1) is 10.1. The van der Waals surface area contributed by atoms with E-state index in [2.05, 4.69) is 0 Å². The number of thiocarbonyl (C=S) groups is 1. The first kappa shape index (κ1) is 15.4. The van der Waals surface area contributed by atoms with Crippen LogP contribution in [0.15, 0.2) is 47.3 Å². The molecule has 0 aliphatic rings. The number of nitrogens with zero attached hydrogens (tertiary/aromatic N) is 1. The molecular formula is C16H18N2O2S. The highest BCUT2D eigenvalue weighted by Gasteiger charge is 2.11. The van der Waals surface area contributed by atoms with Crippen LogP contribution in [-0.4, -0.2) is 23.3 Å². The largest absolute Gasteiger partial charge is 0.389 e. The summed E-state index contributed by atoms with van der Waals surface area (Å²) in [7, 11) is 1.65. The van der Waals surface area contributed by atoms with Crippen LogP contribution in [0.5, 0.6) is 0 Å². The van der Waals surface area contributed by atoms with Gasteiger partial charge in [0.15, 0.2) is 0 Å². The van der Waals surface area contributed by atoms with Crippen LogP contribution in [0.4, 0.5) is 0 Å². The van der Waals surface area contributed by atoms with Gasteiger partial charge in [-0.25, -0.2) is 0 Å². The average molecular weight is 302 g/mol. The van der Waals surface area contributed by atoms with Crippen molar-refractivity contribution >= 4 is 17.2 Å². The van der Waals surface area contributed by atoms with Crippen molar-refractivity contribution in [2.24, 2.45) is 5.73 Å². The van der Waals surface area contributed by atoms with Crippen LogP contribution in [0.1, 0.15) is 12.0 Å². The van der Waals surface area contributed by atoms with E-state index >= 15 is 0 Å². The second-order valence-electron chi connectivity index (χ2n) is 4.67. The quantitative estimate of drug-likeness (QED) is 0.656. The van der Waals surface area contributed by atoms with Gasteiger partial charge in [-0.15, -0.1) is 0 Å². The normalized spacial score (nSPS) is 10.5. The molecular weight excluding hydrogens is 284 g/mol. The summed E-state index contributed by atoms with van der Waals surface area (Å²) in [5.41, 5.74) is 7.69. The predicted molar refractivity (Wildman–Crippen MR) is 88.5 cm³/mol. The number of benzene rings is 1. The van der Waals surface area contributed by atoms with Crippen LogP contribution in [0.2, 0.25) is 0 Å². The van der Waals surface area contributed by atoms with Gasteiger partial charge in [0.25, 0.3) is 5.56 Å². The number of aromatic nitrogens is 1. The number of hydrogen-bond acceptors (Lipinski definition) is 3. The van der Waals surface area contributed by atoms with Gasteiger partial charge in [0.2, 0.25) is 0 Å². The monoisotopic (exact) mass is 302 g/mol. The molecule has 21 heavy (non-hydrogen) atoms. The van der Waals surface area contributed by atoms with Crippen molar-refractivity contribution in [3.8, 4) is 11.3 Å². The van der Waals surface area contributed by atoms with Crippen molar-refractivity contribution in [3.63, 3.8) is 0 Å². The topological polar surface area (TPSA) is 57.2 Å². The predicted octanol–water partition coefficient (Wildman–Crippen LogP) is 2.19. The minimum absolute atomic E-state index is 0.125. The maximum absolute atomic E-state index is 12.6. The van der Waals surface area contributed by atoms with Gasteiger partial charge >= 0.3 is 0 Å². The summed E-state index contributed by atoms with van der Waals surface area (Å²) in [4.78, 5) is 12.7. The molecule has 0 amide bonds. The summed E-state index contributed by atoms with van der Waals surface area (Å²) >= 11 is 4.94. The van der Waals surface area contributed by atoms with Crippen molar-refractivity contribution in [1.29, 1.82) is 0 Å². The van der Waals surface area contributed by atoms with Crippen molar-refractivity contribution in [1.82, 2.24) is 4.57 Å². The van der Waals surface area contributed by atoms with Crippen LogP contribution in [-0.2, 0) is 11.3 Å². The lowest BCUT2D eigenvalue weighted by Gasteiger charge is -2.14. The summed E-state index contributed by atoms with van der Waals surface area (Å²) in [6, 6.07) is 13.4. The van der Waals surface area contributed by atoms with E-state index in [0.717, 1.165) is 17.7 Å². The Morgan fingerprint density at radius 1 is 1.24 bits per heavy atom. The highest BCUT2D eigenvalue weighted by Crippen LogP contribution is 2.18. The number of hydrogen-bond donors (Lipinski definition) is 1. The van der Waals surface area contributed by atoms with Crippen molar-refractivity contribution in [2.45, 2.75) is 13.0 Å². The van der Waals surface area contributed by atoms with Gasteiger partial charge in [-0.3, -0.25) is 4.79 Å². The van der Waals surface area contributed by atoms with E-state index in [9.17, 15) is 4.79 Å². The van der Waals surface area contributed by atoms with Crippen molar-refractivity contribution in [2.75, 3.05) is 13.7 Å². The Labute approximate surface area is 129 Å². The van der Waals surface area contributed by atoms with Gasteiger partial charge in [-0.05, 0) is 24.1 Å². The molecule has 0 radical (unpaired) electrons. The van der Waals surface area contributed by atoms with Gasteiger partial charge < -0.3 is 15.0 Å². The number of rotatable bonds is 6. The van der Waals surface area contributed by atoms with Crippen LogP contribution < -0.4 is 11.3 Å². The summed E-state index contributed by atoms with van der Waals surface area (Å²) in [6.45, 7) is 1.16. The molecule has 1 heterocycles. The molecule has 0 aliphatic heterocycles. The highest BCUT2D eigenvalue weighted by molar-refractivity contribution is 7.80.